The molecule has 6 nitrogen and oxygen atoms in total. The molecule has 3 N–H and O–H groups in total. The van der Waals surface area contributed by atoms with Gasteiger partial charge in [0.1, 0.15) is 0 Å². The maximum absolute atomic E-state index is 12.8. The molecule has 2 aliphatic heterocycles. The molecule has 0 bridgehead atoms. The lowest BCUT2D eigenvalue weighted by molar-refractivity contribution is -0.128. The van der Waals surface area contributed by atoms with Crippen LogP contribution in [-0.2, 0) is 16.1 Å². The molecule has 2 saturated heterocycles. The number of hydrogen-bond acceptors (Lipinski definition) is 4. The van der Waals surface area contributed by atoms with Gasteiger partial charge < -0.3 is 11.1 Å². The summed E-state index contributed by atoms with van der Waals surface area (Å²) in [5.41, 5.74) is 6.64. The quantitative estimate of drug-likeness (QED) is 0.701. The molecule has 0 saturated carbocycles. The van der Waals surface area contributed by atoms with Crippen LogP contribution in [0.15, 0.2) is 30.3 Å². The Labute approximate surface area is 174 Å². The second-order valence-electron chi connectivity index (χ2n) is 8.73. The number of carbonyl (C=O) groups excluding carboxylic acids is 2. The summed E-state index contributed by atoms with van der Waals surface area (Å²) in [5, 5.41) is 3.28. The summed E-state index contributed by atoms with van der Waals surface area (Å²) in [4.78, 5) is 28.6. The molecule has 160 valence electrons. The zero-order valence-corrected chi connectivity index (χ0v) is 17.7. The molecule has 2 aliphatic rings. The van der Waals surface area contributed by atoms with Crippen molar-refractivity contribution in [1.29, 1.82) is 0 Å². The highest BCUT2D eigenvalue weighted by Crippen LogP contribution is 2.23. The monoisotopic (exact) mass is 400 g/mol. The minimum absolute atomic E-state index is 0.117. The zero-order valence-electron chi connectivity index (χ0n) is 17.7. The maximum Gasteiger partial charge on any atom is 0.237 e. The first-order chi connectivity index (χ1) is 14.0. The van der Waals surface area contributed by atoms with Gasteiger partial charge in [0.15, 0.2) is 0 Å². The molecule has 3 rings (SSSR count). The lowest BCUT2D eigenvalue weighted by atomic mass is 9.92. The van der Waals surface area contributed by atoms with Gasteiger partial charge in [0, 0.05) is 38.6 Å². The molecule has 29 heavy (non-hydrogen) atoms. The third kappa shape index (κ3) is 6.82. The Morgan fingerprint density at radius 3 is 2.55 bits per heavy atom. The highest BCUT2D eigenvalue weighted by molar-refractivity contribution is 5.81. The number of nitrogens with two attached hydrogens (primary N) is 1. The smallest absolute Gasteiger partial charge is 0.237 e. The van der Waals surface area contributed by atoms with Crippen LogP contribution >= 0.6 is 0 Å². The van der Waals surface area contributed by atoms with Crippen molar-refractivity contribution in [1.82, 2.24) is 15.1 Å². The number of nitrogens with one attached hydrogen (secondary N) is 1. The highest BCUT2D eigenvalue weighted by atomic mass is 16.2. The van der Waals surface area contributed by atoms with Crippen LogP contribution in [0.25, 0.3) is 0 Å². The second-order valence-corrected chi connectivity index (χ2v) is 8.73. The fraction of sp³-hybridized carbons (Fsp3) is 0.652. The van der Waals surface area contributed by atoms with E-state index in [4.69, 9.17) is 5.73 Å². The third-order valence-corrected chi connectivity index (χ3v) is 6.46. The van der Waals surface area contributed by atoms with E-state index in [0.29, 0.717) is 12.3 Å². The molecular formula is C23H36N4O2. The van der Waals surface area contributed by atoms with Crippen LogP contribution in [0.3, 0.4) is 0 Å². The molecule has 2 fully saturated rings. The first-order valence-corrected chi connectivity index (χ1v) is 11.1. The number of likely N-dealkylation sites (tertiary alicyclic amines) is 2. The molecular weight excluding hydrogens is 364 g/mol. The third-order valence-electron chi connectivity index (χ3n) is 6.46. The lowest BCUT2D eigenvalue weighted by Crippen LogP contribution is -2.53. The molecule has 2 unspecified atom stereocenters. The van der Waals surface area contributed by atoms with Crippen molar-refractivity contribution in [3.63, 3.8) is 0 Å². The molecule has 0 aromatic heterocycles. The van der Waals surface area contributed by atoms with E-state index in [2.05, 4.69) is 45.4 Å². The van der Waals surface area contributed by atoms with Gasteiger partial charge in [0.05, 0.1) is 6.04 Å². The van der Waals surface area contributed by atoms with Crippen molar-refractivity contribution in [3.8, 4) is 0 Å². The number of piperidine rings is 2. The molecule has 1 aromatic carbocycles. The molecule has 2 amide bonds. The van der Waals surface area contributed by atoms with Gasteiger partial charge in [-0.1, -0.05) is 30.3 Å². The average molecular weight is 401 g/mol. The van der Waals surface area contributed by atoms with E-state index in [-0.39, 0.29) is 23.9 Å². The van der Waals surface area contributed by atoms with E-state index < -0.39 is 0 Å². The van der Waals surface area contributed by atoms with Gasteiger partial charge in [-0.15, -0.1) is 0 Å². The van der Waals surface area contributed by atoms with E-state index in [0.717, 1.165) is 64.8 Å². The van der Waals surface area contributed by atoms with Gasteiger partial charge in [-0.05, 0) is 57.1 Å². The number of nitrogens with zero attached hydrogens (tertiary/aromatic N) is 2. The number of hydrogen-bond donors (Lipinski definition) is 2. The minimum atomic E-state index is -0.230. The van der Waals surface area contributed by atoms with E-state index in [1.807, 2.05) is 6.92 Å². The van der Waals surface area contributed by atoms with E-state index in [9.17, 15) is 9.59 Å². The second kappa shape index (κ2) is 10.7. The number of primary amides is 1. The molecule has 1 aromatic rings. The van der Waals surface area contributed by atoms with E-state index in [1.165, 1.54) is 5.56 Å². The van der Waals surface area contributed by atoms with Crippen LogP contribution in [0.4, 0.5) is 0 Å². The fourth-order valence-corrected chi connectivity index (χ4v) is 4.60. The van der Waals surface area contributed by atoms with E-state index >= 15 is 0 Å². The SMILES string of the molecule is CC(C(=O)NC1CCN(Cc2ccccc2)CC1)N1CCCC(CCC(N)=O)C1. The van der Waals surface area contributed by atoms with Gasteiger partial charge in [-0.25, -0.2) is 0 Å². The number of benzene rings is 1. The van der Waals surface area contributed by atoms with Crippen molar-refractivity contribution in [2.45, 2.75) is 64.1 Å². The highest BCUT2D eigenvalue weighted by Gasteiger charge is 2.29. The topological polar surface area (TPSA) is 78.7 Å². The summed E-state index contributed by atoms with van der Waals surface area (Å²) >= 11 is 0. The van der Waals surface area contributed by atoms with E-state index in [1.54, 1.807) is 0 Å². The van der Waals surface area contributed by atoms with Gasteiger partial charge >= 0.3 is 0 Å². The average Bonchev–Trinajstić information content (AvgIpc) is 2.74. The molecule has 0 spiro atoms. The summed E-state index contributed by atoms with van der Waals surface area (Å²) in [6.07, 6.45) is 5.50. The standard InChI is InChI=1S/C23H36N4O2/c1-18(27-13-5-8-20(17-27)9-10-22(24)28)23(29)25-21-11-14-26(15-12-21)16-19-6-3-2-4-7-19/h2-4,6-7,18,20-21H,5,8-17H2,1H3,(H2,24,28)(H,25,29). The van der Waals surface area contributed by atoms with Crippen molar-refractivity contribution in [2.75, 3.05) is 26.2 Å². The predicted octanol–water partition coefficient (Wildman–Crippen LogP) is 2.13. The summed E-state index contributed by atoms with van der Waals surface area (Å²) in [6, 6.07) is 10.7. The summed E-state index contributed by atoms with van der Waals surface area (Å²) in [5.74, 6) is 0.376. The first-order valence-electron chi connectivity index (χ1n) is 11.1. The Balaban J connectivity index is 1.40. The van der Waals surface area contributed by atoms with Crippen LogP contribution in [0.1, 0.15) is 51.0 Å². The van der Waals surface area contributed by atoms with Crippen LogP contribution in [0, 0.1) is 5.92 Å². The predicted molar refractivity (Wildman–Crippen MR) is 115 cm³/mol. The number of carbonyl (C=O) groups is 2. The Hall–Kier alpha value is -1.92. The largest absolute Gasteiger partial charge is 0.370 e. The summed E-state index contributed by atoms with van der Waals surface area (Å²) in [6.45, 7) is 6.88. The van der Waals surface area contributed by atoms with Gasteiger partial charge in [0.25, 0.3) is 0 Å². The summed E-state index contributed by atoms with van der Waals surface area (Å²) in [7, 11) is 0. The number of rotatable bonds is 8. The van der Waals surface area contributed by atoms with Gasteiger partial charge in [0.2, 0.25) is 11.8 Å². The van der Waals surface area contributed by atoms with Crippen molar-refractivity contribution < 1.29 is 9.59 Å². The van der Waals surface area contributed by atoms with Gasteiger partial charge in [-0.2, -0.15) is 0 Å². The lowest BCUT2D eigenvalue weighted by Gasteiger charge is -2.37. The Morgan fingerprint density at radius 1 is 1.14 bits per heavy atom. The first kappa shape index (κ1) is 21.8. The molecule has 0 aliphatic carbocycles. The maximum atomic E-state index is 12.8. The minimum Gasteiger partial charge on any atom is -0.370 e. The van der Waals surface area contributed by atoms with Crippen LogP contribution < -0.4 is 11.1 Å². The normalized spacial score (nSPS) is 22.9. The Kier molecular flexibility index (Phi) is 8.07. The fourth-order valence-electron chi connectivity index (χ4n) is 4.60. The van der Waals surface area contributed by atoms with Crippen LogP contribution in [0.5, 0.6) is 0 Å². The van der Waals surface area contributed by atoms with Crippen LogP contribution in [-0.4, -0.2) is 59.9 Å². The number of amides is 2. The summed E-state index contributed by atoms with van der Waals surface area (Å²) < 4.78 is 0. The van der Waals surface area contributed by atoms with Crippen molar-refractivity contribution >= 4 is 11.8 Å². The molecule has 6 heteroatoms. The van der Waals surface area contributed by atoms with Crippen molar-refractivity contribution in [2.24, 2.45) is 11.7 Å². The Morgan fingerprint density at radius 2 is 1.86 bits per heavy atom. The molecule has 0 radical (unpaired) electrons. The van der Waals surface area contributed by atoms with Gasteiger partial charge in [-0.3, -0.25) is 19.4 Å². The van der Waals surface area contributed by atoms with Crippen molar-refractivity contribution in [3.05, 3.63) is 35.9 Å². The Bertz CT molecular complexity index is 658. The molecule has 2 atom stereocenters. The zero-order chi connectivity index (χ0) is 20.6. The molecule has 2 heterocycles. The van der Waals surface area contributed by atoms with Crippen LogP contribution in [0.2, 0.25) is 0 Å².